The molecule has 0 amide bonds. The minimum atomic E-state index is 0.185. The van der Waals surface area contributed by atoms with E-state index in [0.29, 0.717) is 6.61 Å². The van der Waals surface area contributed by atoms with E-state index in [0.717, 1.165) is 23.7 Å². The highest BCUT2D eigenvalue weighted by Crippen LogP contribution is 2.31. The zero-order valence-corrected chi connectivity index (χ0v) is 6.45. The molecule has 0 aromatic heterocycles. The summed E-state index contributed by atoms with van der Waals surface area (Å²) in [6.07, 6.45) is 5.86. The highest BCUT2D eigenvalue weighted by atomic mass is 16.6. The van der Waals surface area contributed by atoms with Crippen LogP contribution in [0.3, 0.4) is 0 Å². The minimum absolute atomic E-state index is 0.185. The van der Waals surface area contributed by atoms with Crippen molar-refractivity contribution in [1.29, 1.82) is 0 Å². The zero-order valence-electron chi connectivity index (χ0n) is 6.45. The Morgan fingerprint density at radius 1 is 1.42 bits per heavy atom. The first-order chi connectivity index (χ1) is 5.93. The second-order valence-corrected chi connectivity index (χ2v) is 2.94. The van der Waals surface area contributed by atoms with Gasteiger partial charge in [0.15, 0.2) is 5.76 Å². The molecular weight excluding hydrogens is 156 g/mol. The van der Waals surface area contributed by atoms with E-state index in [2.05, 4.69) is 0 Å². The topological polar surface area (TPSA) is 31.0 Å². The van der Waals surface area contributed by atoms with E-state index in [1.54, 1.807) is 6.26 Å². The van der Waals surface area contributed by atoms with E-state index in [-0.39, 0.29) is 6.10 Å². The molecule has 0 saturated carbocycles. The summed E-state index contributed by atoms with van der Waals surface area (Å²) in [7, 11) is 0. The Morgan fingerprint density at radius 2 is 2.33 bits per heavy atom. The molecule has 3 rings (SSSR count). The Bertz CT molecular complexity index is 308. The van der Waals surface area contributed by atoms with E-state index in [1.807, 2.05) is 12.2 Å². The van der Waals surface area contributed by atoms with Crippen LogP contribution in [-0.2, 0) is 14.2 Å². The van der Waals surface area contributed by atoms with Crippen molar-refractivity contribution in [3.05, 3.63) is 35.5 Å². The Labute approximate surface area is 69.9 Å². The molecule has 12 heavy (non-hydrogen) atoms. The minimum Gasteiger partial charge on any atom is -0.486 e. The van der Waals surface area contributed by atoms with E-state index in [4.69, 9.17) is 14.2 Å². The lowest BCUT2D eigenvalue weighted by Crippen LogP contribution is -2.02. The Kier molecular flexibility index (Phi) is 1.12. The van der Waals surface area contributed by atoms with E-state index < -0.39 is 0 Å². The highest BCUT2D eigenvalue weighted by Gasteiger charge is 2.31. The van der Waals surface area contributed by atoms with Crippen LogP contribution < -0.4 is 0 Å². The molecule has 0 bridgehead atoms. The fraction of sp³-hybridized carbons (Fsp3) is 0.333. The van der Waals surface area contributed by atoms with E-state index in [1.165, 1.54) is 0 Å². The molecule has 0 aromatic rings. The molecule has 1 atom stereocenters. The van der Waals surface area contributed by atoms with Crippen molar-refractivity contribution >= 4 is 0 Å². The van der Waals surface area contributed by atoms with E-state index in [9.17, 15) is 0 Å². The predicted molar refractivity (Wildman–Crippen MR) is 41.0 cm³/mol. The largest absolute Gasteiger partial charge is 0.486 e. The zero-order chi connectivity index (χ0) is 7.97. The number of hydrogen-bond acceptors (Lipinski definition) is 3. The smallest absolute Gasteiger partial charge is 0.161 e. The van der Waals surface area contributed by atoms with Gasteiger partial charge in [-0.05, 0) is 12.2 Å². The van der Waals surface area contributed by atoms with Crippen LogP contribution in [0.1, 0.15) is 0 Å². The van der Waals surface area contributed by atoms with Crippen LogP contribution in [0.4, 0.5) is 0 Å². The molecule has 3 heterocycles. The van der Waals surface area contributed by atoms with Crippen molar-refractivity contribution in [2.24, 2.45) is 0 Å². The summed E-state index contributed by atoms with van der Waals surface area (Å²) in [5.41, 5.74) is 1.12. The lowest BCUT2D eigenvalue weighted by molar-refractivity contribution is 0.230. The maximum Gasteiger partial charge on any atom is 0.161 e. The standard InChI is InChI=1S/C9H8O3/c1-2-10-8-4-11-7(3-6(1)8)9-5-12-9/h1,3-4,9H,2,5H2. The van der Waals surface area contributed by atoms with Gasteiger partial charge in [0.2, 0.25) is 0 Å². The average molecular weight is 164 g/mol. The summed E-state index contributed by atoms with van der Waals surface area (Å²) in [4.78, 5) is 0. The highest BCUT2D eigenvalue weighted by molar-refractivity contribution is 5.43. The van der Waals surface area contributed by atoms with Crippen LogP contribution in [0.25, 0.3) is 0 Å². The van der Waals surface area contributed by atoms with Gasteiger partial charge in [0.1, 0.15) is 24.7 Å². The average Bonchev–Trinajstić information content (AvgIpc) is 2.84. The van der Waals surface area contributed by atoms with Crippen molar-refractivity contribution in [2.75, 3.05) is 13.2 Å². The lowest BCUT2D eigenvalue weighted by atomic mass is 10.1. The van der Waals surface area contributed by atoms with Crippen LogP contribution in [0.15, 0.2) is 35.5 Å². The molecule has 0 spiro atoms. The summed E-state index contributed by atoms with van der Waals surface area (Å²) in [5.74, 6) is 1.73. The van der Waals surface area contributed by atoms with Gasteiger partial charge in [0, 0.05) is 5.57 Å². The van der Waals surface area contributed by atoms with Gasteiger partial charge in [-0.15, -0.1) is 0 Å². The number of allylic oxidation sites excluding steroid dienone is 1. The molecule has 1 saturated heterocycles. The molecule has 3 heteroatoms. The molecule has 0 N–H and O–H groups in total. The first-order valence-electron chi connectivity index (χ1n) is 3.97. The predicted octanol–water partition coefficient (Wildman–Crippen LogP) is 1.10. The normalized spacial score (nSPS) is 30.7. The monoisotopic (exact) mass is 164 g/mol. The van der Waals surface area contributed by atoms with Gasteiger partial charge in [-0.3, -0.25) is 0 Å². The first-order valence-corrected chi connectivity index (χ1v) is 3.97. The Hall–Kier alpha value is -1.22. The molecule has 1 fully saturated rings. The summed E-state index contributed by atoms with van der Waals surface area (Å²) in [6.45, 7) is 1.43. The van der Waals surface area contributed by atoms with Gasteiger partial charge < -0.3 is 14.2 Å². The summed E-state index contributed by atoms with van der Waals surface area (Å²) in [5, 5.41) is 0. The number of epoxide rings is 1. The fourth-order valence-corrected chi connectivity index (χ4v) is 1.33. The Morgan fingerprint density at radius 3 is 3.17 bits per heavy atom. The number of hydrogen-bond donors (Lipinski definition) is 0. The fourth-order valence-electron chi connectivity index (χ4n) is 1.33. The molecule has 3 aliphatic rings. The molecule has 0 aliphatic carbocycles. The van der Waals surface area contributed by atoms with Gasteiger partial charge >= 0.3 is 0 Å². The summed E-state index contributed by atoms with van der Waals surface area (Å²) in [6, 6.07) is 0. The van der Waals surface area contributed by atoms with Crippen molar-refractivity contribution in [3.63, 3.8) is 0 Å². The van der Waals surface area contributed by atoms with E-state index >= 15 is 0 Å². The van der Waals surface area contributed by atoms with Crippen molar-refractivity contribution in [2.45, 2.75) is 6.10 Å². The van der Waals surface area contributed by atoms with Crippen molar-refractivity contribution in [3.8, 4) is 0 Å². The SMILES string of the molecule is C1=C2C=C(C3CO3)OC=C2OC1. The molecule has 3 nitrogen and oxygen atoms in total. The summed E-state index contributed by atoms with van der Waals surface area (Å²) >= 11 is 0. The third kappa shape index (κ3) is 0.865. The molecule has 0 aromatic carbocycles. The number of fused-ring (bicyclic) bond motifs is 1. The number of rotatable bonds is 1. The summed E-state index contributed by atoms with van der Waals surface area (Å²) < 4.78 is 15.7. The van der Waals surface area contributed by atoms with Gasteiger partial charge in [-0.2, -0.15) is 0 Å². The molecule has 1 unspecified atom stereocenters. The quantitative estimate of drug-likeness (QED) is 0.544. The second-order valence-electron chi connectivity index (χ2n) is 2.94. The maximum absolute atomic E-state index is 5.32. The van der Waals surface area contributed by atoms with Crippen LogP contribution in [0.2, 0.25) is 0 Å². The molecular formula is C9H8O3. The molecule has 0 radical (unpaired) electrons. The van der Waals surface area contributed by atoms with Crippen LogP contribution in [0, 0.1) is 0 Å². The third-order valence-electron chi connectivity index (χ3n) is 2.08. The lowest BCUT2D eigenvalue weighted by Gasteiger charge is -2.11. The van der Waals surface area contributed by atoms with Crippen LogP contribution in [-0.4, -0.2) is 19.3 Å². The van der Waals surface area contributed by atoms with Gasteiger partial charge in [0.05, 0.1) is 6.61 Å². The van der Waals surface area contributed by atoms with Crippen LogP contribution >= 0.6 is 0 Å². The maximum atomic E-state index is 5.32. The Balaban J connectivity index is 1.91. The van der Waals surface area contributed by atoms with Gasteiger partial charge in [-0.1, -0.05) is 0 Å². The van der Waals surface area contributed by atoms with Crippen molar-refractivity contribution in [1.82, 2.24) is 0 Å². The first kappa shape index (κ1) is 6.31. The van der Waals surface area contributed by atoms with Gasteiger partial charge in [-0.25, -0.2) is 0 Å². The second kappa shape index (κ2) is 2.14. The molecule has 3 aliphatic heterocycles. The van der Waals surface area contributed by atoms with Crippen molar-refractivity contribution < 1.29 is 14.2 Å². The third-order valence-corrected chi connectivity index (χ3v) is 2.08. The van der Waals surface area contributed by atoms with Gasteiger partial charge in [0.25, 0.3) is 0 Å². The van der Waals surface area contributed by atoms with Crippen LogP contribution in [0.5, 0.6) is 0 Å². The number of ether oxygens (including phenoxy) is 3. The molecule has 62 valence electrons.